The zero-order chi connectivity index (χ0) is 24.3. The molecule has 194 valence electrons. The summed E-state index contributed by atoms with van der Waals surface area (Å²) >= 11 is 0. The highest BCUT2D eigenvalue weighted by atomic mass is 16.5. The zero-order valence-electron chi connectivity index (χ0n) is 21.5. The standard InChI is InChI=1S/C26H43NO7/c1-7-27-12-23(13-30-2)9-8-17(32-4)25-15-10-14-16(31-3)11-24(28,18(15)19(14)33-5)26(29,22(25)27)21(34-6)20(23)25/h14-22,28-29H,7-13H2,1-6H3/t14-,15-,16+,17+,18-,19+,20-,21+,22+,23+,24-,25+,26-/m1/s1. The summed E-state index contributed by atoms with van der Waals surface area (Å²) in [7, 11) is 8.77. The van der Waals surface area contributed by atoms with Crippen LogP contribution in [0.15, 0.2) is 0 Å². The number of hydrogen-bond donors (Lipinski definition) is 2. The molecule has 8 nitrogen and oxygen atoms in total. The van der Waals surface area contributed by atoms with E-state index in [9.17, 15) is 10.2 Å². The largest absolute Gasteiger partial charge is 0.386 e. The van der Waals surface area contributed by atoms with Crippen LogP contribution in [-0.4, -0.2) is 112 Å². The van der Waals surface area contributed by atoms with Crippen LogP contribution in [0.3, 0.4) is 0 Å². The van der Waals surface area contributed by atoms with E-state index in [4.69, 9.17) is 23.7 Å². The summed E-state index contributed by atoms with van der Waals surface area (Å²) in [5.41, 5.74) is -3.38. The van der Waals surface area contributed by atoms with Crippen molar-refractivity contribution in [2.75, 3.05) is 55.2 Å². The van der Waals surface area contributed by atoms with Gasteiger partial charge >= 0.3 is 0 Å². The molecule has 1 heterocycles. The maximum atomic E-state index is 13.1. The van der Waals surface area contributed by atoms with Crippen molar-refractivity contribution in [3.05, 3.63) is 0 Å². The molecule has 5 saturated carbocycles. The zero-order valence-corrected chi connectivity index (χ0v) is 21.5. The molecule has 1 aliphatic heterocycles. The Balaban J connectivity index is 1.67. The molecule has 5 aliphatic carbocycles. The second-order valence-electron chi connectivity index (χ2n) is 12.1. The maximum absolute atomic E-state index is 13.1. The quantitative estimate of drug-likeness (QED) is 0.555. The Kier molecular flexibility index (Phi) is 5.38. The molecule has 0 unspecified atom stereocenters. The molecule has 8 heteroatoms. The van der Waals surface area contributed by atoms with Gasteiger partial charge in [-0.25, -0.2) is 0 Å². The van der Waals surface area contributed by atoms with Crippen LogP contribution in [0.25, 0.3) is 0 Å². The van der Waals surface area contributed by atoms with Crippen molar-refractivity contribution in [1.82, 2.24) is 4.90 Å². The molecule has 0 amide bonds. The lowest BCUT2D eigenvalue weighted by molar-refractivity contribution is -0.320. The van der Waals surface area contributed by atoms with Gasteiger partial charge in [-0.2, -0.15) is 0 Å². The fraction of sp³-hybridized carbons (Fsp3) is 1.00. The number of rotatable bonds is 7. The molecule has 0 aromatic carbocycles. The van der Waals surface area contributed by atoms with E-state index in [2.05, 4.69) is 11.8 Å². The third-order valence-corrected chi connectivity index (χ3v) is 11.7. The summed E-state index contributed by atoms with van der Waals surface area (Å²) in [6.45, 7) is 4.41. The highest BCUT2D eigenvalue weighted by Crippen LogP contribution is 2.80. The lowest BCUT2D eigenvalue weighted by Crippen LogP contribution is -2.82. The van der Waals surface area contributed by atoms with Crippen molar-refractivity contribution in [3.63, 3.8) is 0 Å². The van der Waals surface area contributed by atoms with E-state index in [1.54, 1.807) is 28.4 Å². The number of piperidine rings is 1. The number of fused-ring (bicyclic) bond motifs is 2. The third-order valence-electron chi connectivity index (χ3n) is 11.7. The summed E-state index contributed by atoms with van der Waals surface area (Å²) in [6.07, 6.45) is 2.30. The van der Waals surface area contributed by atoms with Crippen molar-refractivity contribution in [1.29, 1.82) is 0 Å². The number of nitrogens with zero attached hydrogens (tertiary/aromatic N) is 1. The van der Waals surface area contributed by atoms with Crippen LogP contribution in [0, 0.1) is 34.5 Å². The van der Waals surface area contributed by atoms with Crippen LogP contribution in [0.5, 0.6) is 0 Å². The average Bonchev–Trinajstić information content (AvgIpc) is 3.25. The van der Waals surface area contributed by atoms with Crippen molar-refractivity contribution < 1.29 is 33.9 Å². The normalized spacial score (nSPS) is 59.5. The predicted molar refractivity (Wildman–Crippen MR) is 123 cm³/mol. The number of aliphatic hydroxyl groups is 2. The lowest BCUT2D eigenvalue weighted by atomic mass is 9.42. The van der Waals surface area contributed by atoms with Gasteiger partial charge in [-0.05, 0) is 31.7 Å². The summed E-state index contributed by atoms with van der Waals surface area (Å²) in [6, 6.07) is -0.256. The van der Waals surface area contributed by atoms with E-state index in [1.807, 2.05) is 7.11 Å². The molecule has 1 spiro atoms. The molecule has 7 bridgehead atoms. The molecule has 0 aromatic heterocycles. The first-order valence-electron chi connectivity index (χ1n) is 13.1. The maximum Gasteiger partial charge on any atom is 0.136 e. The highest BCUT2D eigenvalue weighted by molar-refractivity contribution is 5.41. The number of hydrogen-bond acceptors (Lipinski definition) is 8. The van der Waals surface area contributed by atoms with Gasteiger partial charge in [0.05, 0.1) is 37.1 Å². The molecular weight excluding hydrogens is 438 g/mol. The summed E-state index contributed by atoms with van der Waals surface area (Å²) in [5.74, 6) is 0.165. The van der Waals surface area contributed by atoms with Crippen LogP contribution in [0.1, 0.15) is 32.6 Å². The molecule has 2 N–H and O–H groups in total. The monoisotopic (exact) mass is 481 g/mol. The van der Waals surface area contributed by atoms with Gasteiger partial charge in [-0.3, -0.25) is 4.90 Å². The molecule has 1 saturated heterocycles. The summed E-state index contributed by atoms with van der Waals surface area (Å²) in [4.78, 5) is 2.43. The Hall–Kier alpha value is -0.320. The van der Waals surface area contributed by atoms with Gasteiger partial charge in [0.2, 0.25) is 0 Å². The number of ether oxygens (including phenoxy) is 5. The lowest BCUT2D eigenvalue weighted by Gasteiger charge is -2.70. The van der Waals surface area contributed by atoms with E-state index < -0.39 is 17.3 Å². The Morgan fingerprint density at radius 2 is 1.76 bits per heavy atom. The summed E-state index contributed by atoms with van der Waals surface area (Å²) in [5, 5.41) is 25.9. The highest BCUT2D eigenvalue weighted by Gasteiger charge is 2.91. The fourth-order valence-electron chi connectivity index (χ4n) is 11.3. The van der Waals surface area contributed by atoms with Crippen LogP contribution >= 0.6 is 0 Å². The van der Waals surface area contributed by atoms with Crippen molar-refractivity contribution in [3.8, 4) is 0 Å². The average molecular weight is 482 g/mol. The number of likely N-dealkylation sites (tertiary alicyclic amines) is 1. The first kappa shape index (κ1) is 24.0. The van der Waals surface area contributed by atoms with Crippen LogP contribution < -0.4 is 0 Å². The molecule has 34 heavy (non-hydrogen) atoms. The van der Waals surface area contributed by atoms with E-state index in [-0.39, 0.29) is 58.9 Å². The van der Waals surface area contributed by atoms with Crippen LogP contribution in [-0.2, 0) is 23.7 Å². The Labute approximate surface area is 203 Å². The predicted octanol–water partition coefficient (Wildman–Crippen LogP) is 0.925. The Bertz CT molecular complexity index is 829. The van der Waals surface area contributed by atoms with Gasteiger partial charge in [-0.1, -0.05) is 6.92 Å². The second-order valence-corrected chi connectivity index (χ2v) is 12.1. The third kappa shape index (κ3) is 2.27. The Morgan fingerprint density at radius 3 is 2.35 bits per heavy atom. The molecule has 0 radical (unpaired) electrons. The van der Waals surface area contributed by atoms with Crippen LogP contribution in [0.4, 0.5) is 0 Å². The Morgan fingerprint density at radius 1 is 1.00 bits per heavy atom. The van der Waals surface area contributed by atoms with E-state index in [0.29, 0.717) is 13.0 Å². The van der Waals surface area contributed by atoms with Gasteiger partial charge in [0.1, 0.15) is 11.2 Å². The van der Waals surface area contributed by atoms with Gasteiger partial charge in [-0.15, -0.1) is 0 Å². The molecule has 6 aliphatic rings. The minimum Gasteiger partial charge on any atom is -0.386 e. The minimum atomic E-state index is -1.47. The fourth-order valence-corrected chi connectivity index (χ4v) is 11.3. The molecule has 13 atom stereocenters. The van der Waals surface area contributed by atoms with E-state index >= 15 is 0 Å². The first-order chi connectivity index (χ1) is 16.3. The number of methoxy groups -OCH3 is 5. The topological polar surface area (TPSA) is 89.9 Å². The van der Waals surface area contributed by atoms with Gasteiger partial charge in [0.25, 0.3) is 0 Å². The SMILES string of the molecule is CCN1C[C@]2(COC)CC[C@H](OC)[C@@]34[C@@H]5C[C@H]6[C@H](OC)[C@@H]5[C@](O)(C[C@@H]6OC)[C@@](O)([C@@H](OC)[C@H]23)[C@@H]14. The first-order valence-corrected chi connectivity index (χ1v) is 13.1. The second kappa shape index (κ2) is 7.60. The summed E-state index contributed by atoms with van der Waals surface area (Å²) < 4.78 is 30.7. The van der Waals surface area contributed by atoms with Gasteiger partial charge < -0.3 is 33.9 Å². The van der Waals surface area contributed by atoms with E-state index in [1.165, 1.54) is 0 Å². The van der Waals surface area contributed by atoms with Crippen molar-refractivity contribution >= 4 is 0 Å². The van der Waals surface area contributed by atoms with E-state index in [0.717, 1.165) is 32.4 Å². The van der Waals surface area contributed by atoms with Crippen molar-refractivity contribution in [2.24, 2.45) is 34.5 Å². The van der Waals surface area contributed by atoms with Crippen molar-refractivity contribution in [2.45, 2.75) is 74.3 Å². The molecule has 6 rings (SSSR count). The van der Waals surface area contributed by atoms with Gasteiger partial charge in [0.15, 0.2) is 0 Å². The minimum absolute atomic E-state index is 0.0262. The van der Waals surface area contributed by atoms with Crippen LogP contribution in [0.2, 0.25) is 0 Å². The molecule has 0 aromatic rings. The smallest absolute Gasteiger partial charge is 0.136 e. The number of likely N-dealkylation sites (N-methyl/N-ethyl adjacent to an activating group) is 1. The van der Waals surface area contributed by atoms with Gasteiger partial charge in [0, 0.05) is 77.1 Å². The molecule has 6 fully saturated rings. The molecular formula is C26H43NO7.